The summed E-state index contributed by atoms with van der Waals surface area (Å²) in [5, 5.41) is 8.77. The fourth-order valence-corrected chi connectivity index (χ4v) is 1.95. The third-order valence-electron chi connectivity index (χ3n) is 4.23. The van der Waals surface area contributed by atoms with Crippen LogP contribution in [-0.4, -0.2) is 17.6 Å². The second kappa shape index (κ2) is 8.98. The van der Waals surface area contributed by atoms with Crippen molar-refractivity contribution < 1.29 is 17.6 Å². The topological polar surface area (TPSA) is 36.1 Å². The molecule has 0 amide bonds. The van der Waals surface area contributed by atoms with E-state index >= 15 is 0 Å². The molecule has 0 spiro atoms. The smallest absolute Gasteiger partial charge is 0.247 e. The average molecular weight is 380 g/mol. The Morgan fingerprint density at radius 3 is 2.11 bits per heavy atom. The van der Waals surface area contributed by atoms with E-state index in [1.807, 2.05) is 6.07 Å². The van der Waals surface area contributed by atoms with Gasteiger partial charge in [0.2, 0.25) is 5.92 Å². The van der Waals surface area contributed by atoms with Crippen molar-refractivity contribution in [3.05, 3.63) is 59.3 Å². The third-order valence-corrected chi connectivity index (χ3v) is 4.23. The molecule has 0 unspecified atom stereocenters. The molecule has 0 aliphatic carbocycles. The summed E-state index contributed by atoms with van der Waals surface area (Å²) in [5.74, 6) is -5.95. The highest BCUT2D eigenvalue weighted by atomic mass is 19.3. The molecular weight excluding hydrogens is 356 g/mol. The number of nitriles is 1. The van der Waals surface area contributed by atoms with Crippen LogP contribution in [0.4, 0.5) is 17.6 Å². The monoisotopic (exact) mass is 380 g/mol. The Balaban J connectivity index is 0.000000445. The maximum absolute atomic E-state index is 13.7. The zero-order valence-corrected chi connectivity index (χ0v) is 16.0. The first-order chi connectivity index (χ1) is 12.4. The Morgan fingerprint density at radius 1 is 1.19 bits per heavy atom. The van der Waals surface area contributed by atoms with Gasteiger partial charge in [-0.2, -0.15) is 14.0 Å². The zero-order valence-electron chi connectivity index (χ0n) is 16.0. The molecule has 1 aromatic carbocycles. The molecule has 0 saturated carbocycles. The molecule has 6 heteroatoms. The van der Waals surface area contributed by atoms with E-state index in [1.54, 1.807) is 24.3 Å². The number of allylic oxidation sites excluding steroid dienone is 3. The molecule has 0 atom stereocenters. The average Bonchev–Trinajstić information content (AvgIpc) is 2.62. The molecule has 2 nitrogen and oxygen atoms in total. The number of halogens is 4. The molecule has 0 bridgehead atoms. The van der Waals surface area contributed by atoms with Gasteiger partial charge in [-0.1, -0.05) is 45.6 Å². The molecule has 0 N–H and O–H groups in total. The van der Waals surface area contributed by atoms with E-state index in [9.17, 15) is 17.6 Å². The molecule has 1 aliphatic heterocycles. The lowest BCUT2D eigenvalue weighted by molar-refractivity contribution is -0.0251. The van der Waals surface area contributed by atoms with E-state index < -0.39 is 17.8 Å². The van der Waals surface area contributed by atoms with E-state index in [0.29, 0.717) is 28.8 Å². The van der Waals surface area contributed by atoms with Crippen molar-refractivity contribution in [2.24, 2.45) is 10.9 Å². The summed E-state index contributed by atoms with van der Waals surface area (Å²) in [6.07, 6.45) is 1.51. The van der Waals surface area contributed by atoms with Gasteiger partial charge < -0.3 is 0 Å². The SMILES string of the molecule is C=C1CC=C(C(F)(F)CC)N=C1c1ccc(C#N)cc1.CC(C)C(C)(F)F. The first kappa shape index (κ1) is 22.6. The predicted octanol–water partition coefficient (Wildman–Crippen LogP) is 6.53. The number of nitrogens with zero attached hydrogens (tertiary/aromatic N) is 2. The molecule has 0 saturated heterocycles. The number of benzene rings is 1. The van der Waals surface area contributed by atoms with Gasteiger partial charge in [0.25, 0.3) is 5.92 Å². The van der Waals surface area contributed by atoms with E-state index in [1.165, 1.54) is 26.8 Å². The van der Waals surface area contributed by atoms with Gasteiger partial charge in [-0.3, -0.25) is 0 Å². The fourth-order valence-electron chi connectivity index (χ4n) is 1.95. The minimum Gasteiger partial charge on any atom is -0.247 e. The van der Waals surface area contributed by atoms with Crippen LogP contribution >= 0.6 is 0 Å². The molecule has 1 heterocycles. The van der Waals surface area contributed by atoms with Crippen LogP contribution in [0.1, 0.15) is 51.7 Å². The summed E-state index contributed by atoms with van der Waals surface area (Å²) in [6.45, 7) is 9.23. The molecule has 27 heavy (non-hydrogen) atoms. The molecular formula is C21H24F4N2. The first-order valence-electron chi connectivity index (χ1n) is 8.66. The molecule has 1 aliphatic rings. The number of hydrogen-bond acceptors (Lipinski definition) is 2. The summed E-state index contributed by atoms with van der Waals surface area (Å²) in [5.41, 5.74) is 2.19. The van der Waals surface area contributed by atoms with Crippen molar-refractivity contribution in [3.8, 4) is 6.07 Å². The van der Waals surface area contributed by atoms with Gasteiger partial charge in [-0.05, 0) is 31.1 Å². The van der Waals surface area contributed by atoms with Crippen LogP contribution in [0.25, 0.3) is 0 Å². The van der Waals surface area contributed by atoms with Gasteiger partial charge in [-0.15, -0.1) is 0 Å². The molecule has 0 radical (unpaired) electrons. The van der Waals surface area contributed by atoms with E-state index in [2.05, 4.69) is 11.6 Å². The number of hydrogen-bond donors (Lipinski definition) is 0. The minimum absolute atomic E-state index is 0.202. The van der Waals surface area contributed by atoms with Crippen LogP contribution in [0.5, 0.6) is 0 Å². The second-order valence-electron chi connectivity index (χ2n) is 6.72. The number of rotatable bonds is 4. The highest BCUT2D eigenvalue weighted by Gasteiger charge is 2.33. The summed E-state index contributed by atoms with van der Waals surface area (Å²) in [6, 6.07) is 8.70. The van der Waals surface area contributed by atoms with Gasteiger partial charge in [0.1, 0.15) is 5.70 Å². The fraction of sp³-hybridized carbons (Fsp3) is 0.429. The molecule has 0 fully saturated rings. The normalized spacial score (nSPS) is 14.7. The van der Waals surface area contributed by atoms with Gasteiger partial charge in [0.15, 0.2) is 0 Å². The van der Waals surface area contributed by atoms with Crippen LogP contribution in [0.3, 0.4) is 0 Å². The van der Waals surface area contributed by atoms with E-state index in [0.717, 1.165) is 6.92 Å². The summed E-state index contributed by atoms with van der Waals surface area (Å²) >= 11 is 0. The minimum atomic E-state index is -2.92. The summed E-state index contributed by atoms with van der Waals surface area (Å²) in [7, 11) is 0. The Bertz CT molecular complexity index is 761. The van der Waals surface area contributed by atoms with Crippen molar-refractivity contribution in [3.63, 3.8) is 0 Å². The number of alkyl halides is 4. The summed E-state index contributed by atoms with van der Waals surface area (Å²) in [4.78, 5) is 4.08. The Hall–Kier alpha value is -2.42. The van der Waals surface area contributed by atoms with Crippen molar-refractivity contribution in [2.45, 2.75) is 52.4 Å². The van der Waals surface area contributed by atoms with E-state index in [-0.39, 0.29) is 12.1 Å². The van der Waals surface area contributed by atoms with E-state index in [4.69, 9.17) is 5.26 Å². The first-order valence-corrected chi connectivity index (χ1v) is 8.66. The van der Waals surface area contributed by atoms with Gasteiger partial charge in [0.05, 0.1) is 17.3 Å². The quantitative estimate of drug-likeness (QED) is 0.547. The van der Waals surface area contributed by atoms with Crippen molar-refractivity contribution in [2.75, 3.05) is 0 Å². The molecule has 146 valence electrons. The zero-order chi connectivity index (χ0) is 20.8. The maximum Gasteiger partial charge on any atom is 0.289 e. The largest absolute Gasteiger partial charge is 0.289 e. The molecule has 1 aromatic rings. The lowest BCUT2D eigenvalue weighted by Gasteiger charge is -2.21. The lowest BCUT2D eigenvalue weighted by Crippen LogP contribution is -2.21. The standard InChI is InChI=1S/C16H14F2N2.C5H10F2/c1-3-16(17,18)14-9-4-11(2)15(20-14)13-7-5-12(10-19)6-8-13;1-4(2)5(3,6)7/h5-9H,2-4H2,1H3;4H,1-3H3. The Labute approximate surface area is 157 Å². The highest BCUT2D eigenvalue weighted by Crippen LogP contribution is 2.33. The van der Waals surface area contributed by atoms with Gasteiger partial charge in [-0.25, -0.2) is 13.8 Å². The Kier molecular flexibility index (Phi) is 7.53. The van der Waals surface area contributed by atoms with Crippen LogP contribution < -0.4 is 0 Å². The van der Waals surface area contributed by atoms with Crippen LogP contribution in [-0.2, 0) is 0 Å². The second-order valence-corrected chi connectivity index (χ2v) is 6.72. The van der Waals surface area contributed by atoms with Crippen LogP contribution in [0.15, 0.2) is 53.2 Å². The van der Waals surface area contributed by atoms with Crippen molar-refractivity contribution in [1.29, 1.82) is 5.26 Å². The van der Waals surface area contributed by atoms with Gasteiger partial charge in [0, 0.05) is 17.9 Å². The summed E-state index contributed by atoms with van der Waals surface area (Å²) < 4.78 is 51.1. The predicted molar refractivity (Wildman–Crippen MR) is 100 cm³/mol. The Morgan fingerprint density at radius 2 is 1.70 bits per heavy atom. The van der Waals surface area contributed by atoms with Crippen molar-refractivity contribution in [1.82, 2.24) is 0 Å². The number of aliphatic imine (C=N–C) groups is 1. The van der Waals surface area contributed by atoms with Crippen molar-refractivity contribution >= 4 is 5.71 Å². The molecule has 2 rings (SSSR count). The third kappa shape index (κ3) is 6.35. The highest BCUT2D eigenvalue weighted by molar-refractivity contribution is 6.13. The lowest BCUT2D eigenvalue weighted by atomic mass is 9.96. The van der Waals surface area contributed by atoms with Crippen LogP contribution in [0, 0.1) is 17.2 Å². The van der Waals surface area contributed by atoms with Gasteiger partial charge >= 0.3 is 0 Å². The van der Waals surface area contributed by atoms with Crippen LogP contribution in [0.2, 0.25) is 0 Å². The molecule has 0 aromatic heterocycles. The maximum atomic E-state index is 13.7.